The molecule has 1 saturated heterocycles. The predicted octanol–water partition coefficient (Wildman–Crippen LogP) is 4.08. The minimum Gasteiger partial charge on any atom is -0.495 e. The van der Waals surface area contributed by atoms with Crippen LogP contribution in [0.1, 0.15) is 12.8 Å². The van der Waals surface area contributed by atoms with Gasteiger partial charge in [0.1, 0.15) is 17.2 Å². The molecule has 0 bridgehead atoms. The molecule has 4 rings (SSSR count). The molecule has 37 heavy (non-hydrogen) atoms. The maximum absolute atomic E-state index is 13.7. The molecule has 1 amide bonds. The number of rotatable bonds is 9. The molecule has 3 aromatic carbocycles. The number of carbonyl (C=O) groups excluding carboxylic acids is 1. The van der Waals surface area contributed by atoms with Gasteiger partial charge in [0, 0.05) is 23.2 Å². The zero-order valence-electron chi connectivity index (χ0n) is 20.0. The Balaban J connectivity index is 1.58. The third-order valence-electron chi connectivity index (χ3n) is 5.87. The molecule has 0 saturated carbocycles. The number of anilines is 2. The first-order chi connectivity index (χ1) is 17.6. The lowest BCUT2D eigenvalue weighted by Gasteiger charge is -2.25. The summed E-state index contributed by atoms with van der Waals surface area (Å²) in [5.74, 6) is -0.462. The number of nitrogens with zero attached hydrogens (tertiary/aromatic N) is 2. The van der Waals surface area contributed by atoms with Gasteiger partial charge in [0.2, 0.25) is 15.9 Å². The van der Waals surface area contributed by atoms with Crippen LogP contribution in [0.25, 0.3) is 0 Å². The van der Waals surface area contributed by atoms with Gasteiger partial charge in [-0.1, -0.05) is 34.1 Å². The number of methoxy groups -OCH3 is 1. The van der Waals surface area contributed by atoms with Crippen molar-refractivity contribution in [3.8, 4) is 5.75 Å². The minimum absolute atomic E-state index is 0.0995. The SMILES string of the molecule is COc1ccc(Br)cc1S(=O)(=O)N(CC(=O)Nc1ccc(S(=O)(=O)N2CCCC2)cc1)c1ccccc1. The van der Waals surface area contributed by atoms with Crippen molar-refractivity contribution in [1.82, 2.24) is 4.31 Å². The van der Waals surface area contributed by atoms with E-state index in [-0.39, 0.29) is 15.5 Å². The van der Waals surface area contributed by atoms with Crippen molar-refractivity contribution in [3.63, 3.8) is 0 Å². The highest BCUT2D eigenvalue weighted by molar-refractivity contribution is 9.10. The van der Waals surface area contributed by atoms with Gasteiger partial charge in [0.05, 0.1) is 17.7 Å². The molecule has 1 fully saturated rings. The summed E-state index contributed by atoms with van der Waals surface area (Å²) < 4.78 is 61.1. The molecule has 1 aliphatic rings. The van der Waals surface area contributed by atoms with E-state index in [1.165, 1.54) is 47.8 Å². The second-order valence-corrected chi connectivity index (χ2v) is 13.0. The topological polar surface area (TPSA) is 113 Å². The van der Waals surface area contributed by atoms with E-state index in [4.69, 9.17) is 4.74 Å². The van der Waals surface area contributed by atoms with E-state index in [2.05, 4.69) is 21.2 Å². The van der Waals surface area contributed by atoms with E-state index in [1.54, 1.807) is 36.4 Å². The lowest BCUT2D eigenvalue weighted by molar-refractivity contribution is -0.114. The predicted molar refractivity (Wildman–Crippen MR) is 145 cm³/mol. The Hall–Kier alpha value is -2.93. The summed E-state index contributed by atoms with van der Waals surface area (Å²) in [6.07, 6.45) is 1.67. The number of hydrogen-bond donors (Lipinski definition) is 1. The van der Waals surface area contributed by atoms with E-state index >= 15 is 0 Å². The third kappa shape index (κ3) is 5.98. The number of para-hydroxylation sites is 1. The molecule has 1 heterocycles. The summed E-state index contributed by atoms with van der Waals surface area (Å²) >= 11 is 3.30. The second-order valence-electron chi connectivity index (χ2n) is 8.33. The fraction of sp³-hybridized carbons (Fsp3) is 0.240. The highest BCUT2D eigenvalue weighted by Gasteiger charge is 2.31. The Kier molecular flexibility index (Phi) is 8.22. The Morgan fingerprint density at radius 1 is 0.973 bits per heavy atom. The Morgan fingerprint density at radius 2 is 1.62 bits per heavy atom. The van der Waals surface area contributed by atoms with E-state index < -0.39 is 32.5 Å². The number of hydrogen-bond acceptors (Lipinski definition) is 6. The van der Waals surface area contributed by atoms with E-state index in [0.717, 1.165) is 17.1 Å². The molecule has 0 unspecified atom stereocenters. The average Bonchev–Trinajstić information content (AvgIpc) is 3.44. The number of nitrogens with one attached hydrogen (secondary N) is 1. The Labute approximate surface area is 225 Å². The number of amides is 1. The molecule has 1 aliphatic heterocycles. The van der Waals surface area contributed by atoms with Gasteiger partial charge in [-0.05, 0) is 67.4 Å². The van der Waals surface area contributed by atoms with Crippen LogP contribution in [0.2, 0.25) is 0 Å². The zero-order chi connectivity index (χ0) is 26.6. The van der Waals surface area contributed by atoms with Gasteiger partial charge in [0.25, 0.3) is 10.0 Å². The molecule has 1 N–H and O–H groups in total. The molecule has 0 spiro atoms. The van der Waals surface area contributed by atoms with Gasteiger partial charge in [-0.2, -0.15) is 4.31 Å². The van der Waals surface area contributed by atoms with Crippen LogP contribution in [0.15, 0.2) is 87.1 Å². The summed E-state index contributed by atoms with van der Waals surface area (Å²) in [6.45, 7) is 0.469. The normalized spacial score (nSPS) is 14.3. The molecule has 0 radical (unpaired) electrons. The molecule has 12 heteroatoms. The number of carbonyl (C=O) groups is 1. The first kappa shape index (κ1) is 27.1. The number of sulfonamides is 2. The van der Waals surface area contributed by atoms with Crippen LogP contribution >= 0.6 is 15.9 Å². The number of benzene rings is 3. The largest absolute Gasteiger partial charge is 0.495 e. The van der Waals surface area contributed by atoms with Gasteiger partial charge in [-0.3, -0.25) is 9.10 Å². The molecule has 196 valence electrons. The van der Waals surface area contributed by atoms with Crippen LogP contribution in [0.5, 0.6) is 5.75 Å². The van der Waals surface area contributed by atoms with E-state index in [9.17, 15) is 21.6 Å². The summed E-state index contributed by atoms with van der Waals surface area (Å²) in [4.78, 5) is 13.0. The maximum Gasteiger partial charge on any atom is 0.268 e. The van der Waals surface area contributed by atoms with Crippen LogP contribution in [0.4, 0.5) is 11.4 Å². The lowest BCUT2D eigenvalue weighted by Crippen LogP contribution is -2.38. The van der Waals surface area contributed by atoms with Gasteiger partial charge in [-0.15, -0.1) is 0 Å². The van der Waals surface area contributed by atoms with Crippen molar-refractivity contribution in [2.45, 2.75) is 22.6 Å². The molecule has 0 aromatic heterocycles. The van der Waals surface area contributed by atoms with Gasteiger partial charge >= 0.3 is 0 Å². The van der Waals surface area contributed by atoms with E-state index in [1.807, 2.05) is 0 Å². The van der Waals surface area contributed by atoms with Crippen molar-refractivity contribution >= 4 is 53.3 Å². The average molecular weight is 609 g/mol. The molecular formula is C25H26BrN3O6S2. The molecule has 9 nitrogen and oxygen atoms in total. The van der Waals surface area contributed by atoms with Gasteiger partial charge < -0.3 is 10.1 Å². The number of halogens is 1. The quantitative estimate of drug-likeness (QED) is 0.392. The smallest absolute Gasteiger partial charge is 0.268 e. The monoisotopic (exact) mass is 607 g/mol. The molecule has 0 atom stereocenters. The van der Waals surface area contributed by atoms with Crippen molar-refractivity contribution < 1.29 is 26.4 Å². The molecule has 0 aliphatic carbocycles. The van der Waals surface area contributed by atoms with Crippen molar-refractivity contribution in [1.29, 1.82) is 0 Å². The maximum atomic E-state index is 13.7. The second kappa shape index (κ2) is 11.2. The van der Waals surface area contributed by atoms with Crippen LogP contribution in [0.3, 0.4) is 0 Å². The molecular weight excluding hydrogens is 582 g/mol. The van der Waals surface area contributed by atoms with Crippen molar-refractivity contribution in [2.75, 3.05) is 36.4 Å². The standard InChI is InChI=1S/C25H26BrN3O6S2/c1-35-23-14-9-19(26)17-24(23)37(33,34)29(21-7-3-2-4-8-21)18-25(30)27-20-10-12-22(13-11-20)36(31,32)28-15-5-6-16-28/h2-4,7-14,17H,5-6,15-16,18H2,1H3,(H,27,30). The zero-order valence-corrected chi connectivity index (χ0v) is 23.2. The Bertz CT molecular complexity index is 1470. The minimum atomic E-state index is -4.21. The van der Waals surface area contributed by atoms with Crippen molar-refractivity contribution in [2.24, 2.45) is 0 Å². The van der Waals surface area contributed by atoms with Crippen LogP contribution in [-0.2, 0) is 24.8 Å². The van der Waals surface area contributed by atoms with E-state index in [0.29, 0.717) is 28.9 Å². The van der Waals surface area contributed by atoms with Crippen LogP contribution in [0, 0.1) is 0 Å². The fourth-order valence-corrected chi connectivity index (χ4v) is 7.63. The lowest BCUT2D eigenvalue weighted by atomic mass is 10.3. The third-order valence-corrected chi connectivity index (χ3v) is 10.1. The fourth-order valence-electron chi connectivity index (χ4n) is 4.00. The van der Waals surface area contributed by atoms with Gasteiger partial charge in [0.15, 0.2) is 0 Å². The summed E-state index contributed by atoms with van der Waals surface area (Å²) in [7, 11) is -6.42. The van der Waals surface area contributed by atoms with Crippen LogP contribution < -0.4 is 14.4 Å². The summed E-state index contributed by atoms with van der Waals surface area (Å²) in [5, 5.41) is 2.66. The van der Waals surface area contributed by atoms with Crippen LogP contribution in [-0.4, -0.2) is 53.8 Å². The molecule has 3 aromatic rings. The first-order valence-corrected chi connectivity index (χ1v) is 15.1. The van der Waals surface area contributed by atoms with Gasteiger partial charge in [-0.25, -0.2) is 16.8 Å². The number of ether oxygens (including phenoxy) is 1. The van der Waals surface area contributed by atoms with Crippen molar-refractivity contribution in [3.05, 3.63) is 77.3 Å². The Morgan fingerprint density at radius 3 is 2.24 bits per heavy atom. The highest BCUT2D eigenvalue weighted by Crippen LogP contribution is 2.32. The summed E-state index contributed by atoms with van der Waals surface area (Å²) in [5.41, 5.74) is 0.641. The highest BCUT2D eigenvalue weighted by atomic mass is 79.9. The first-order valence-electron chi connectivity index (χ1n) is 11.4. The summed E-state index contributed by atoms with van der Waals surface area (Å²) in [6, 6.07) is 18.7.